The zero-order valence-electron chi connectivity index (χ0n) is 11.8. The Kier molecular flexibility index (Phi) is 5.01. The first-order chi connectivity index (χ1) is 7.95. The van der Waals surface area contributed by atoms with Crippen LogP contribution >= 0.6 is 0 Å². The van der Waals surface area contributed by atoms with E-state index in [4.69, 9.17) is 5.73 Å². The van der Waals surface area contributed by atoms with Crippen molar-refractivity contribution in [3.05, 3.63) is 29.3 Å². The van der Waals surface area contributed by atoms with E-state index >= 15 is 0 Å². The fourth-order valence-corrected chi connectivity index (χ4v) is 1.85. The molecule has 96 valence electrons. The van der Waals surface area contributed by atoms with E-state index in [1.807, 2.05) is 0 Å². The third kappa shape index (κ3) is 3.74. The van der Waals surface area contributed by atoms with E-state index in [9.17, 15) is 0 Å². The molecule has 0 aliphatic rings. The van der Waals surface area contributed by atoms with E-state index in [2.05, 4.69) is 57.8 Å². The molecule has 1 atom stereocenters. The van der Waals surface area contributed by atoms with Crippen molar-refractivity contribution >= 4 is 5.69 Å². The van der Waals surface area contributed by atoms with Crippen LogP contribution in [0, 0.1) is 6.92 Å². The number of hydrogen-bond acceptors (Lipinski definition) is 2. The summed E-state index contributed by atoms with van der Waals surface area (Å²) < 4.78 is 0. The molecule has 0 aliphatic carbocycles. The molecule has 0 saturated carbocycles. The lowest BCUT2D eigenvalue weighted by Gasteiger charge is -2.25. The average molecular weight is 234 g/mol. The first-order valence-electron chi connectivity index (χ1n) is 6.53. The molecule has 0 spiro atoms. The minimum Gasteiger partial charge on any atom is -0.372 e. The van der Waals surface area contributed by atoms with Crippen LogP contribution in [0.2, 0.25) is 0 Å². The van der Waals surface area contributed by atoms with Gasteiger partial charge in [-0.15, -0.1) is 0 Å². The van der Waals surface area contributed by atoms with Gasteiger partial charge in [-0.05, 0) is 56.9 Å². The average Bonchev–Trinajstić information content (AvgIpc) is 2.30. The zero-order chi connectivity index (χ0) is 13.0. The monoisotopic (exact) mass is 234 g/mol. The van der Waals surface area contributed by atoms with Gasteiger partial charge in [-0.1, -0.05) is 13.0 Å². The molecule has 0 heterocycles. The van der Waals surface area contributed by atoms with Crippen molar-refractivity contribution in [2.24, 2.45) is 5.73 Å². The lowest BCUT2D eigenvalue weighted by molar-refractivity contribution is 0.644. The Morgan fingerprint density at radius 2 is 1.94 bits per heavy atom. The third-order valence-corrected chi connectivity index (χ3v) is 3.51. The van der Waals surface area contributed by atoms with Crippen LogP contribution in [0.4, 0.5) is 5.69 Å². The summed E-state index contributed by atoms with van der Waals surface area (Å²) in [6.45, 7) is 8.72. The highest BCUT2D eigenvalue weighted by atomic mass is 15.1. The molecule has 0 aromatic heterocycles. The highest BCUT2D eigenvalue weighted by Gasteiger charge is 2.08. The lowest BCUT2D eigenvalue weighted by atomic mass is 9.99. The molecule has 0 radical (unpaired) electrons. The minimum atomic E-state index is 0.280. The number of aryl methyl sites for hydroxylation is 1. The molecule has 2 nitrogen and oxygen atoms in total. The summed E-state index contributed by atoms with van der Waals surface area (Å²) in [4.78, 5) is 2.29. The van der Waals surface area contributed by atoms with Crippen LogP contribution in [0.15, 0.2) is 18.2 Å². The van der Waals surface area contributed by atoms with Crippen molar-refractivity contribution in [3.8, 4) is 0 Å². The van der Waals surface area contributed by atoms with Gasteiger partial charge in [0.05, 0.1) is 0 Å². The van der Waals surface area contributed by atoms with Gasteiger partial charge in [0.15, 0.2) is 0 Å². The maximum absolute atomic E-state index is 6.01. The van der Waals surface area contributed by atoms with Crippen molar-refractivity contribution in [3.63, 3.8) is 0 Å². The Bertz CT molecular complexity index is 358. The smallest absolute Gasteiger partial charge is 0.0368 e. The molecule has 1 rings (SSSR count). The Morgan fingerprint density at radius 3 is 2.41 bits per heavy atom. The Hall–Kier alpha value is -1.02. The van der Waals surface area contributed by atoms with Crippen molar-refractivity contribution in [1.29, 1.82) is 0 Å². The summed E-state index contributed by atoms with van der Waals surface area (Å²) >= 11 is 0. The van der Waals surface area contributed by atoms with Crippen molar-refractivity contribution in [2.75, 3.05) is 11.9 Å². The lowest BCUT2D eigenvalue weighted by Crippen LogP contribution is -2.26. The van der Waals surface area contributed by atoms with Crippen LogP contribution < -0.4 is 10.6 Å². The van der Waals surface area contributed by atoms with Crippen molar-refractivity contribution in [1.82, 2.24) is 0 Å². The molecule has 2 heteroatoms. The fourth-order valence-electron chi connectivity index (χ4n) is 1.85. The molecule has 1 aromatic carbocycles. The predicted molar refractivity (Wildman–Crippen MR) is 76.7 cm³/mol. The summed E-state index contributed by atoms with van der Waals surface area (Å²) in [6.07, 6.45) is 2.01. The molecule has 1 unspecified atom stereocenters. The predicted octanol–water partition coefficient (Wildman–Crippen LogP) is 3.12. The van der Waals surface area contributed by atoms with E-state index in [-0.39, 0.29) is 6.04 Å². The second-order valence-corrected chi connectivity index (χ2v) is 5.19. The molecule has 2 N–H and O–H groups in total. The van der Waals surface area contributed by atoms with Crippen molar-refractivity contribution in [2.45, 2.75) is 52.6 Å². The van der Waals surface area contributed by atoms with Gasteiger partial charge >= 0.3 is 0 Å². The molecule has 0 saturated heterocycles. The number of anilines is 1. The van der Waals surface area contributed by atoms with Gasteiger partial charge in [-0.3, -0.25) is 0 Å². The molecule has 0 bridgehead atoms. The largest absolute Gasteiger partial charge is 0.372 e. The van der Waals surface area contributed by atoms with Crippen LogP contribution in [0.3, 0.4) is 0 Å². The molecular formula is C15H26N2. The molecule has 17 heavy (non-hydrogen) atoms. The molecule has 0 aliphatic heterocycles. The Labute approximate surface area is 106 Å². The SMILES string of the molecule is CCC(N)Cc1ccc(N(C)C(C)C)cc1C. The van der Waals surface area contributed by atoms with E-state index in [1.54, 1.807) is 0 Å². The zero-order valence-corrected chi connectivity index (χ0v) is 11.8. The summed E-state index contributed by atoms with van der Waals surface area (Å²) in [5.41, 5.74) is 10.0. The Morgan fingerprint density at radius 1 is 1.29 bits per heavy atom. The highest BCUT2D eigenvalue weighted by Crippen LogP contribution is 2.20. The fraction of sp³-hybridized carbons (Fsp3) is 0.600. The highest BCUT2D eigenvalue weighted by molar-refractivity contribution is 5.51. The topological polar surface area (TPSA) is 29.3 Å². The number of rotatable bonds is 5. The normalized spacial score (nSPS) is 12.9. The number of hydrogen-bond donors (Lipinski definition) is 1. The number of nitrogens with two attached hydrogens (primary N) is 1. The second-order valence-electron chi connectivity index (χ2n) is 5.19. The number of benzene rings is 1. The summed E-state index contributed by atoms with van der Waals surface area (Å²) in [5.74, 6) is 0. The van der Waals surface area contributed by atoms with Crippen LogP contribution in [0.1, 0.15) is 38.3 Å². The molecule has 1 aromatic rings. The van der Waals surface area contributed by atoms with Gasteiger partial charge in [0, 0.05) is 24.8 Å². The van der Waals surface area contributed by atoms with Gasteiger partial charge in [-0.2, -0.15) is 0 Å². The Balaban J connectivity index is 2.86. The maximum atomic E-state index is 6.01. The van der Waals surface area contributed by atoms with Crippen LogP contribution in [0.25, 0.3) is 0 Å². The van der Waals surface area contributed by atoms with Gasteiger partial charge in [0.2, 0.25) is 0 Å². The van der Waals surface area contributed by atoms with Gasteiger partial charge < -0.3 is 10.6 Å². The van der Waals surface area contributed by atoms with E-state index in [0.717, 1.165) is 12.8 Å². The summed E-state index contributed by atoms with van der Waals surface area (Å²) in [7, 11) is 2.14. The van der Waals surface area contributed by atoms with Crippen LogP contribution in [-0.2, 0) is 6.42 Å². The van der Waals surface area contributed by atoms with Gasteiger partial charge in [0.25, 0.3) is 0 Å². The van der Waals surface area contributed by atoms with Gasteiger partial charge in [0.1, 0.15) is 0 Å². The number of nitrogens with zero attached hydrogens (tertiary/aromatic N) is 1. The maximum Gasteiger partial charge on any atom is 0.0368 e. The second kappa shape index (κ2) is 6.06. The molecule has 0 amide bonds. The minimum absolute atomic E-state index is 0.280. The molecule has 0 fully saturated rings. The van der Waals surface area contributed by atoms with E-state index < -0.39 is 0 Å². The van der Waals surface area contributed by atoms with E-state index in [0.29, 0.717) is 6.04 Å². The van der Waals surface area contributed by atoms with Crippen molar-refractivity contribution < 1.29 is 0 Å². The summed E-state index contributed by atoms with van der Waals surface area (Å²) in [5, 5.41) is 0. The summed E-state index contributed by atoms with van der Waals surface area (Å²) in [6, 6.07) is 7.49. The first-order valence-corrected chi connectivity index (χ1v) is 6.53. The standard InChI is InChI=1S/C15H26N2/c1-6-14(16)10-13-7-8-15(9-12(13)4)17(5)11(2)3/h7-9,11,14H,6,10,16H2,1-5H3. The molecular weight excluding hydrogens is 208 g/mol. The first kappa shape index (κ1) is 14.0. The third-order valence-electron chi connectivity index (χ3n) is 3.51. The van der Waals surface area contributed by atoms with E-state index in [1.165, 1.54) is 16.8 Å². The van der Waals surface area contributed by atoms with Gasteiger partial charge in [-0.25, -0.2) is 0 Å². The quantitative estimate of drug-likeness (QED) is 0.848. The van der Waals surface area contributed by atoms with Crippen LogP contribution in [-0.4, -0.2) is 19.1 Å². The van der Waals surface area contributed by atoms with Crippen LogP contribution in [0.5, 0.6) is 0 Å².